The van der Waals surface area contributed by atoms with E-state index in [-0.39, 0.29) is 5.75 Å². The number of methoxy groups -OCH3 is 1. The lowest BCUT2D eigenvalue weighted by atomic mass is 10.2. The Balaban J connectivity index is 2.32. The number of aromatic nitrogens is 3. The SMILES string of the molecule is COc1ccc(/C=N\n2c(=S)[nH][nH]c2=S)cc1O. The summed E-state index contributed by atoms with van der Waals surface area (Å²) in [5.74, 6) is 0.451. The van der Waals surface area contributed by atoms with E-state index in [0.29, 0.717) is 20.9 Å². The first-order valence-electron chi connectivity index (χ1n) is 4.93. The van der Waals surface area contributed by atoms with Crippen molar-refractivity contribution in [2.24, 2.45) is 5.10 Å². The molecule has 1 aromatic carbocycles. The first kappa shape index (κ1) is 12.5. The fraction of sp³-hybridized carbons (Fsp3) is 0.100. The number of hydrogen-bond acceptors (Lipinski definition) is 5. The molecule has 3 N–H and O–H groups in total. The summed E-state index contributed by atoms with van der Waals surface area (Å²) in [6.45, 7) is 0. The topological polar surface area (TPSA) is 78.3 Å². The maximum absolute atomic E-state index is 9.61. The highest BCUT2D eigenvalue weighted by atomic mass is 32.1. The molecule has 0 atom stereocenters. The summed E-state index contributed by atoms with van der Waals surface area (Å²) in [5, 5.41) is 19.0. The van der Waals surface area contributed by atoms with E-state index in [1.54, 1.807) is 12.1 Å². The fourth-order valence-electron chi connectivity index (χ4n) is 1.32. The van der Waals surface area contributed by atoms with Gasteiger partial charge in [-0.15, -0.1) is 0 Å². The second-order valence-electron chi connectivity index (χ2n) is 3.35. The van der Waals surface area contributed by atoms with E-state index in [1.807, 2.05) is 0 Å². The van der Waals surface area contributed by atoms with E-state index in [2.05, 4.69) is 15.3 Å². The summed E-state index contributed by atoms with van der Waals surface area (Å²) < 4.78 is 7.05. The molecule has 0 bridgehead atoms. The number of nitrogens with zero attached hydrogens (tertiary/aromatic N) is 2. The minimum absolute atomic E-state index is 0.0456. The molecule has 94 valence electrons. The molecule has 0 aliphatic rings. The highest BCUT2D eigenvalue weighted by Crippen LogP contribution is 2.25. The predicted molar refractivity (Wildman–Crippen MR) is 72.5 cm³/mol. The minimum Gasteiger partial charge on any atom is -0.504 e. The zero-order valence-corrected chi connectivity index (χ0v) is 11.0. The molecule has 0 fully saturated rings. The molecule has 0 spiro atoms. The first-order valence-corrected chi connectivity index (χ1v) is 5.74. The van der Waals surface area contributed by atoms with Gasteiger partial charge in [0.1, 0.15) is 0 Å². The van der Waals surface area contributed by atoms with Crippen LogP contribution in [0.25, 0.3) is 0 Å². The molecular weight excluding hydrogens is 272 g/mol. The zero-order chi connectivity index (χ0) is 13.1. The number of rotatable bonds is 3. The van der Waals surface area contributed by atoms with Crippen molar-refractivity contribution >= 4 is 30.7 Å². The Morgan fingerprint density at radius 3 is 2.56 bits per heavy atom. The lowest BCUT2D eigenvalue weighted by molar-refractivity contribution is 0.373. The maximum Gasteiger partial charge on any atom is 0.215 e. The third-order valence-corrected chi connectivity index (χ3v) is 2.74. The molecule has 0 aliphatic heterocycles. The third-order valence-electron chi connectivity index (χ3n) is 2.19. The van der Waals surface area contributed by atoms with Crippen molar-refractivity contribution in [1.29, 1.82) is 0 Å². The van der Waals surface area contributed by atoms with E-state index in [1.165, 1.54) is 24.1 Å². The average molecular weight is 282 g/mol. The van der Waals surface area contributed by atoms with E-state index in [4.69, 9.17) is 29.2 Å². The number of phenols is 1. The summed E-state index contributed by atoms with van der Waals surface area (Å²) in [6, 6.07) is 4.93. The molecule has 2 aromatic rings. The summed E-state index contributed by atoms with van der Waals surface area (Å²) in [7, 11) is 1.49. The Bertz CT molecular complexity index is 671. The van der Waals surface area contributed by atoms with Gasteiger partial charge in [-0.2, -0.15) is 9.78 Å². The van der Waals surface area contributed by atoms with Gasteiger partial charge in [-0.1, -0.05) is 0 Å². The number of H-pyrrole nitrogens is 2. The molecule has 1 heterocycles. The van der Waals surface area contributed by atoms with E-state index in [0.717, 1.165) is 0 Å². The van der Waals surface area contributed by atoms with Gasteiger partial charge in [0.05, 0.1) is 13.3 Å². The average Bonchev–Trinajstić information content (AvgIpc) is 2.67. The number of aromatic hydroxyl groups is 1. The van der Waals surface area contributed by atoms with E-state index >= 15 is 0 Å². The van der Waals surface area contributed by atoms with Gasteiger partial charge in [0.25, 0.3) is 0 Å². The molecular formula is C10H10N4O2S2. The lowest BCUT2D eigenvalue weighted by Crippen LogP contribution is -1.91. The second kappa shape index (κ2) is 5.15. The Morgan fingerprint density at radius 2 is 2.00 bits per heavy atom. The smallest absolute Gasteiger partial charge is 0.215 e. The van der Waals surface area contributed by atoms with Gasteiger partial charge in [-0.3, -0.25) is 10.2 Å². The van der Waals surface area contributed by atoms with Crippen molar-refractivity contribution in [2.45, 2.75) is 0 Å². The van der Waals surface area contributed by atoms with Crippen LogP contribution >= 0.6 is 24.4 Å². The molecule has 6 nitrogen and oxygen atoms in total. The Hall–Kier alpha value is -1.93. The molecule has 0 saturated heterocycles. The van der Waals surface area contributed by atoms with Gasteiger partial charge >= 0.3 is 0 Å². The molecule has 18 heavy (non-hydrogen) atoms. The van der Waals surface area contributed by atoms with Crippen LogP contribution in [0.1, 0.15) is 5.56 Å². The van der Waals surface area contributed by atoms with Gasteiger partial charge in [0, 0.05) is 0 Å². The highest BCUT2D eigenvalue weighted by Gasteiger charge is 2.01. The summed E-state index contributed by atoms with van der Waals surface area (Å²) in [6.07, 6.45) is 1.53. The lowest BCUT2D eigenvalue weighted by Gasteiger charge is -2.02. The first-order chi connectivity index (χ1) is 8.61. The maximum atomic E-state index is 9.61. The van der Waals surface area contributed by atoms with Crippen LogP contribution in [-0.2, 0) is 0 Å². The summed E-state index contributed by atoms with van der Waals surface area (Å²) >= 11 is 9.96. The summed E-state index contributed by atoms with van der Waals surface area (Å²) in [4.78, 5) is 0. The van der Waals surface area contributed by atoms with Crippen LogP contribution in [0.4, 0.5) is 0 Å². The number of aromatic amines is 2. The highest BCUT2D eigenvalue weighted by molar-refractivity contribution is 7.72. The van der Waals surface area contributed by atoms with Crippen LogP contribution < -0.4 is 4.74 Å². The van der Waals surface area contributed by atoms with Crippen molar-refractivity contribution in [3.8, 4) is 11.5 Å². The molecule has 1 aromatic heterocycles. The van der Waals surface area contributed by atoms with Crippen LogP contribution in [0.15, 0.2) is 23.3 Å². The number of phenolic OH excluding ortho intramolecular Hbond substituents is 1. The van der Waals surface area contributed by atoms with Crippen LogP contribution in [-0.4, -0.2) is 33.3 Å². The van der Waals surface area contributed by atoms with Gasteiger partial charge in [-0.25, -0.2) is 0 Å². The van der Waals surface area contributed by atoms with Gasteiger partial charge in [-0.05, 0) is 48.2 Å². The normalized spacial score (nSPS) is 10.9. The zero-order valence-electron chi connectivity index (χ0n) is 9.38. The minimum atomic E-state index is 0.0456. The number of nitrogens with one attached hydrogen (secondary N) is 2. The Labute approximate surface area is 113 Å². The monoisotopic (exact) mass is 282 g/mol. The Morgan fingerprint density at radius 1 is 1.33 bits per heavy atom. The second-order valence-corrected chi connectivity index (χ2v) is 4.12. The molecule has 0 saturated carbocycles. The molecule has 0 aliphatic carbocycles. The molecule has 0 radical (unpaired) electrons. The van der Waals surface area contributed by atoms with Crippen LogP contribution in [0, 0.1) is 9.54 Å². The van der Waals surface area contributed by atoms with Crippen LogP contribution in [0.3, 0.4) is 0 Å². The quantitative estimate of drug-likeness (QED) is 0.595. The van der Waals surface area contributed by atoms with Crippen molar-refractivity contribution in [2.75, 3.05) is 7.11 Å². The molecule has 2 rings (SSSR count). The largest absolute Gasteiger partial charge is 0.504 e. The van der Waals surface area contributed by atoms with Crippen LogP contribution in [0.2, 0.25) is 0 Å². The van der Waals surface area contributed by atoms with Crippen LogP contribution in [0.5, 0.6) is 11.5 Å². The third kappa shape index (κ3) is 2.49. The van der Waals surface area contributed by atoms with Crippen molar-refractivity contribution in [3.05, 3.63) is 33.3 Å². The number of benzene rings is 1. The molecule has 8 heteroatoms. The fourth-order valence-corrected chi connectivity index (χ4v) is 1.76. The van der Waals surface area contributed by atoms with Gasteiger partial charge in [0.15, 0.2) is 11.5 Å². The van der Waals surface area contributed by atoms with Crippen molar-refractivity contribution < 1.29 is 9.84 Å². The predicted octanol–water partition coefficient (Wildman–Crippen LogP) is 2.20. The van der Waals surface area contributed by atoms with Crippen molar-refractivity contribution in [3.63, 3.8) is 0 Å². The van der Waals surface area contributed by atoms with Crippen molar-refractivity contribution in [1.82, 2.24) is 14.9 Å². The molecule has 0 amide bonds. The molecule has 0 unspecified atom stereocenters. The number of ether oxygens (including phenoxy) is 1. The van der Waals surface area contributed by atoms with E-state index < -0.39 is 0 Å². The number of hydrogen-bond donors (Lipinski definition) is 3. The van der Waals surface area contributed by atoms with E-state index in [9.17, 15) is 5.11 Å². The summed E-state index contributed by atoms with van der Waals surface area (Å²) in [5.41, 5.74) is 0.700. The Kier molecular flexibility index (Phi) is 3.58. The van der Waals surface area contributed by atoms with Gasteiger partial charge < -0.3 is 9.84 Å². The standard InChI is InChI=1S/C10H10N4O2S2/c1-16-8-3-2-6(4-7(8)15)5-11-14-9(17)12-13-10(14)18/h2-5,15H,1H3,(H,12,17)(H,13,18)/b11-5-. The van der Waals surface area contributed by atoms with Gasteiger partial charge in [0.2, 0.25) is 9.54 Å².